The fourth-order valence-electron chi connectivity index (χ4n) is 2.82. The first-order chi connectivity index (χ1) is 11.6. The second-order valence-corrected chi connectivity index (χ2v) is 7.36. The van der Waals surface area contributed by atoms with E-state index in [1.165, 1.54) is 16.9 Å². The molecule has 0 radical (unpaired) electrons. The van der Waals surface area contributed by atoms with Crippen molar-refractivity contribution in [3.63, 3.8) is 0 Å². The van der Waals surface area contributed by atoms with Gasteiger partial charge in [-0.3, -0.25) is 4.90 Å². The smallest absolute Gasteiger partial charge is 0.358 e. The molecule has 128 valence electrons. The van der Waals surface area contributed by atoms with E-state index in [-0.39, 0.29) is 18.7 Å². The van der Waals surface area contributed by atoms with Crippen molar-refractivity contribution in [3.8, 4) is 0 Å². The number of rotatable bonds is 5. The van der Waals surface area contributed by atoms with Gasteiger partial charge in [-0.2, -0.15) is 0 Å². The predicted octanol–water partition coefficient (Wildman–Crippen LogP) is 2.82. The number of thiazole rings is 1. The lowest BCUT2D eigenvalue weighted by Crippen LogP contribution is -2.44. The average Bonchev–Trinajstić information content (AvgIpc) is 2.92. The minimum atomic E-state index is -0.361. The molecule has 0 bridgehead atoms. The summed E-state index contributed by atoms with van der Waals surface area (Å²) in [4.78, 5) is 19.6. The molecule has 0 unspecified atom stereocenters. The summed E-state index contributed by atoms with van der Waals surface area (Å²) in [6.45, 7) is 7.24. The van der Waals surface area contributed by atoms with Gasteiger partial charge in [0.25, 0.3) is 0 Å². The van der Waals surface area contributed by atoms with E-state index in [1.807, 2.05) is 32.0 Å². The van der Waals surface area contributed by atoms with Crippen LogP contribution in [0.25, 0.3) is 0 Å². The average molecular weight is 346 g/mol. The summed E-state index contributed by atoms with van der Waals surface area (Å²) in [5.74, 6) is -0.361. The number of hydrogen-bond acceptors (Lipinski definition) is 6. The molecule has 0 saturated carbocycles. The Labute approximate surface area is 146 Å². The van der Waals surface area contributed by atoms with Crippen LogP contribution in [-0.4, -0.2) is 48.3 Å². The number of ether oxygens (including phenoxy) is 2. The van der Waals surface area contributed by atoms with Gasteiger partial charge in [0.15, 0.2) is 5.69 Å². The number of aryl methyl sites for hydroxylation is 2. The highest BCUT2D eigenvalue weighted by molar-refractivity contribution is 7.11. The van der Waals surface area contributed by atoms with Crippen LogP contribution >= 0.6 is 11.3 Å². The number of nitrogens with zero attached hydrogens (tertiary/aromatic N) is 2. The maximum atomic E-state index is 12.1. The Morgan fingerprint density at radius 3 is 2.88 bits per heavy atom. The Kier molecular flexibility index (Phi) is 5.60. The fourth-order valence-corrected chi connectivity index (χ4v) is 3.63. The maximum Gasteiger partial charge on any atom is 0.358 e. The minimum absolute atomic E-state index is 0.0912. The van der Waals surface area contributed by atoms with Gasteiger partial charge in [-0.15, -0.1) is 11.3 Å². The zero-order valence-corrected chi connectivity index (χ0v) is 14.8. The normalized spacial score (nSPS) is 18.5. The predicted molar refractivity (Wildman–Crippen MR) is 93.3 cm³/mol. The standard InChI is InChI=1S/C18H22N2O3S/c1-13-17(19-14(2)24-13)18(21)23-12-16-11-20(8-9-22-16)10-15-6-4-3-5-7-15/h3-7,16H,8-12H2,1-2H3/t16-/m1/s1. The van der Waals surface area contributed by atoms with Gasteiger partial charge in [-0.25, -0.2) is 9.78 Å². The molecule has 24 heavy (non-hydrogen) atoms. The van der Waals surface area contributed by atoms with Gasteiger partial charge < -0.3 is 9.47 Å². The molecule has 1 aromatic heterocycles. The molecule has 1 fully saturated rings. The van der Waals surface area contributed by atoms with Crippen LogP contribution in [0.4, 0.5) is 0 Å². The first kappa shape index (κ1) is 17.1. The SMILES string of the molecule is Cc1nc(C(=O)OC[C@H]2CN(Cc3ccccc3)CCO2)c(C)s1. The molecule has 1 aliphatic rings. The largest absolute Gasteiger partial charge is 0.458 e. The third-order valence-corrected chi connectivity index (χ3v) is 4.86. The van der Waals surface area contributed by atoms with Gasteiger partial charge in [0.1, 0.15) is 12.7 Å². The first-order valence-corrected chi connectivity index (χ1v) is 8.92. The summed E-state index contributed by atoms with van der Waals surface area (Å²) >= 11 is 1.51. The lowest BCUT2D eigenvalue weighted by Gasteiger charge is -2.32. The number of esters is 1. The molecule has 1 saturated heterocycles. The van der Waals surface area contributed by atoms with Crippen molar-refractivity contribution in [1.29, 1.82) is 0 Å². The highest BCUT2D eigenvalue weighted by Crippen LogP contribution is 2.18. The minimum Gasteiger partial charge on any atom is -0.458 e. The van der Waals surface area contributed by atoms with Crippen LogP contribution in [0.15, 0.2) is 30.3 Å². The summed E-state index contributed by atoms with van der Waals surface area (Å²) in [6.07, 6.45) is -0.0912. The monoisotopic (exact) mass is 346 g/mol. The Morgan fingerprint density at radius 2 is 2.17 bits per heavy atom. The van der Waals surface area contributed by atoms with Crippen molar-refractivity contribution >= 4 is 17.3 Å². The Hall–Kier alpha value is -1.76. The molecule has 0 spiro atoms. The fraction of sp³-hybridized carbons (Fsp3) is 0.444. The van der Waals surface area contributed by atoms with E-state index in [9.17, 15) is 4.79 Å². The van der Waals surface area contributed by atoms with Crippen LogP contribution in [0.1, 0.15) is 25.9 Å². The van der Waals surface area contributed by atoms with E-state index in [4.69, 9.17) is 9.47 Å². The van der Waals surface area contributed by atoms with Crippen LogP contribution in [0.2, 0.25) is 0 Å². The molecular formula is C18H22N2O3S. The summed E-state index contributed by atoms with van der Waals surface area (Å²) < 4.78 is 11.1. The number of carbonyl (C=O) groups is 1. The van der Waals surface area contributed by atoms with Gasteiger partial charge in [-0.1, -0.05) is 30.3 Å². The van der Waals surface area contributed by atoms with E-state index >= 15 is 0 Å². The molecule has 0 aliphatic carbocycles. The van der Waals surface area contributed by atoms with Gasteiger partial charge >= 0.3 is 5.97 Å². The highest BCUT2D eigenvalue weighted by atomic mass is 32.1. The zero-order chi connectivity index (χ0) is 16.9. The lowest BCUT2D eigenvalue weighted by molar-refractivity contribution is -0.0613. The topological polar surface area (TPSA) is 51.7 Å². The van der Waals surface area contributed by atoms with E-state index in [0.717, 1.165) is 29.5 Å². The van der Waals surface area contributed by atoms with Crippen molar-refractivity contribution in [1.82, 2.24) is 9.88 Å². The van der Waals surface area contributed by atoms with Crippen molar-refractivity contribution < 1.29 is 14.3 Å². The molecule has 2 aromatic rings. The zero-order valence-electron chi connectivity index (χ0n) is 14.0. The number of morpholine rings is 1. The van der Waals surface area contributed by atoms with Crippen LogP contribution in [-0.2, 0) is 16.0 Å². The van der Waals surface area contributed by atoms with Crippen molar-refractivity contribution in [2.45, 2.75) is 26.5 Å². The molecular weight excluding hydrogens is 324 g/mol. The lowest BCUT2D eigenvalue weighted by atomic mass is 10.2. The molecule has 3 rings (SSSR count). The number of benzene rings is 1. The van der Waals surface area contributed by atoms with E-state index < -0.39 is 0 Å². The molecule has 1 atom stereocenters. The summed E-state index contributed by atoms with van der Waals surface area (Å²) in [5, 5.41) is 0.877. The van der Waals surface area contributed by atoms with Crippen LogP contribution in [0.5, 0.6) is 0 Å². The Morgan fingerprint density at radius 1 is 1.38 bits per heavy atom. The molecule has 0 N–H and O–H groups in total. The third-order valence-electron chi connectivity index (χ3n) is 3.97. The van der Waals surface area contributed by atoms with Gasteiger partial charge in [0, 0.05) is 24.5 Å². The van der Waals surface area contributed by atoms with Gasteiger partial charge in [0.05, 0.1) is 11.6 Å². The second-order valence-electron chi connectivity index (χ2n) is 5.95. The molecule has 6 heteroatoms. The van der Waals surface area contributed by atoms with Gasteiger partial charge in [-0.05, 0) is 19.4 Å². The van der Waals surface area contributed by atoms with Crippen molar-refractivity contribution in [3.05, 3.63) is 51.5 Å². The molecule has 0 amide bonds. The Balaban J connectivity index is 1.50. The summed E-state index contributed by atoms with van der Waals surface area (Å²) in [6, 6.07) is 10.4. The van der Waals surface area contributed by atoms with Crippen LogP contribution in [0, 0.1) is 13.8 Å². The number of aromatic nitrogens is 1. The Bertz CT molecular complexity index is 687. The molecule has 1 aromatic carbocycles. The third kappa shape index (κ3) is 4.41. The highest BCUT2D eigenvalue weighted by Gasteiger charge is 2.23. The molecule has 2 heterocycles. The molecule has 1 aliphatic heterocycles. The van der Waals surface area contributed by atoms with Crippen LogP contribution < -0.4 is 0 Å². The number of hydrogen-bond donors (Lipinski definition) is 0. The van der Waals surface area contributed by atoms with E-state index in [1.54, 1.807) is 0 Å². The van der Waals surface area contributed by atoms with Crippen LogP contribution in [0.3, 0.4) is 0 Å². The van der Waals surface area contributed by atoms with E-state index in [0.29, 0.717) is 12.3 Å². The summed E-state index contributed by atoms with van der Waals surface area (Å²) in [5.41, 5.74) is 1.71. The maximum absolute atomic E-state index is 12.1. The first-order valence-electron chi connectivity index (χ1n) is 8.11. The van der Waals surface area contributed by atoms with E-state index in [2.05, 4.69) is 22.0 Å². The second kappa shape index (κ2) is 7.88. The quantitative estimate of drug-likeness (QED) is 0.779. The summed E-state index contributed by atoms with van der Waals surface area (Å²) in [7, 11) is 0. The van der Waals surface area contributed by atoms with Crippen molar-refractivity contribution in [2.75, 3.05) is 26.3 Å². The molecule has 5 nitrogen and oxygen atoms in total. The van der Waals surface area contributed by atoms with Gasteiger partial charge in [0.2, 0.25) is 0 Å². The van der Waals surface area contributed by atoms with Crippen molar-refractivity contribution in [2.24, 2.45) is 0 Å². The number of carbonyl (C=O) groups excluding carboxylic acids is 1.